The van der Waals surface area contributed by atoms with Crippen LogP contribution in [0.1, 0.15) is 17.1 Å². The van der Waals surface area contributed by atoms with Crippen molar-refractivity contribution in [3.63, 3.8) is 0 Å². The molecule has 90 valence electrons. The second kappa shape index (κ2) is 5.21. The highest BCUT2D eigenvalue weighted by molar-refractivity contribution is 7.09. The van der Waals surface area contributed by atoms with Gasteiger partial charge in [-0.3, -0.25) is 4.90 Å². The highest BCUT2D eigenvalue weighted by Crippen LogP contribution is 2.22. The topological polar surface area (TPSA) is 28.2 Å². The Kier molecular flexibility index (Phi) is 3.89. The first-order valence-corrected chi connectivity index (χ1v) is 6.50. The number of alkyl halides is 1. The zero-order valence-corrected chi connectivity index (χ0v) is 10.6. The van der Waals surface area contributed by atoms with Crippen LogP contribution in [0.4, 0.5) is 4.39 Å². The van der Waals surface area contributed by atoms with Gasteiger partial charge in [0.2, 0.25) is 0 Å². The fourth-order valence-corrected chi connectivity index (χ4v) is 2.86. The molecular formula is C11H18FN3S. The lowest BCUT2D eigenvalue weighted by Gasteiger charge is -2.22. The van der Waals surface area contributed by atoms with Crippen molar-refractivity contribution in [1.29, 1.82) is 0 Å². The molecule has 0 spiro atoms. The summed E-state index contributed by atoms with van der Waals surface area (Å²) in [6, 6.07) is 0.307. The molecule has 1 aromatic heterocycles. The molecule has 16 heavy (non-hydrogen) atoms. The van der Waals surface area contributed by atoms with Crippen LogP contribution in [0.5, 0.6) is 0 Å². The summed E-state index contributed by atoms with van der Waals surface area (Å²) in [5, 5.41) is 6.27. The molecule has 1 aliphatic heterocycles. The minimum Gasteiger partial charge on any atom is -0.318 e. The van der Waals surface area contributed by atoms with Crippen LogP contribution in [0.3, 0.4) is 0 Å². The van der Waals surface area contributed by atoms with E-state index < -0.39 is 6.17 Å². The Labute approximate surface area is 99.7 Å². The number of likely N-dealkylation sites (N-methyl/N-ethyl adjacent to an activating group) is 1. The summed E-state index contributed by atoms with van der Waals surface area (Å²) in [6.45, 7) is 4.17. The molecule has 1 saturated heterocycles. The molecular weight excluding hydrogens is 225 g/mol. The lowest BCUT2D eigenvalue weighted by molar-refractivity contribution is 0.230. The van der Waals surface area contributed by atoms with Gasteiger partial charge in [0.15, 0.2) is 0 Å². The van der Waals surface area contributed by atoms with E-state index in [0.29, 0.717) is 19.0 Å². The van der Waals surface area contributed by atoms with Gasteiger partial charge in [-0.2, -0.15) is 0 Å². The van der Waals surface area contributed by atoms with E-state index >= 15 is 0 Å². The van der Waals surface area contributed by atoms with Crippen LogP contribution in [0, 0.1) is 6.92 Å². The van der Waals surface area contributed by atoms with Gasteiger partial charge in [-0.15, -0.1) is 11.3 Å². The number of nitrogens with zero attached hydrogens (tertiary/aromatic N) is 2. The third-order valence-corrected chi connectivity index (χ3v) is 3.77. The van der Waals surface area contributed by atoms with Gasteiger partial charge in [-0.05, 0) is 20.4 Å². The monoisotopic (exact) mass is 243 g/mol. The summed E-state index contributed by atoms with van der Waals surface area (Å²) in [5.41, 5.74) is 1.07. The molecule has 0 amide bonds. The molecule has 0 unspecified atom stereocenters. The Bertz CT molecular complexity index is 342. The minimum atomic E-state index is -0.682. The Hall–Kier alpha value is -0.520. The summed E-state index contributed by atoms with van der Waals surface area (Å²) in [6.07, 6.45) is -0.0395. The third kappa shape index (κ3) is 2.78. The molecule has 0 bridgehead atoms. The Morgan fingerprint density at radius 1 is 1.69 bits per heavy atom. The van der Waals surface area contributed by atoms with E-state index in [1.54, 1.807) is 11.3 Å². The highest BCUT2D eigenvalue weighted by atomic mass is 32.1. The van der Waals surface area contributed by atoms with Crippen molar-refractivity contribution in [2.45, 2.75) is 32.1 Å². The smallest absolute Gasteiger partial charge is 0.114 e. The minimum absolute atomic E-state index is 0.307. The number of rotatable bonds is 4. The number of halogens is 1. The summed E-state index contributed by atoms with van der Waals surface area (Å²) in [7, 11) is 1.91. The molecule has 1 fully saturated rings. The van der Waals surface area contributed by atoms with E-state index in [2.05, 4.69) is 20.6 Å². The van der Waals surface area contributed by atoms with Gasteiger partial charge in [0.25, 0.3) is 0 Å². The van der Waals surface area contributed by atoms with Crippen molar-refractivity contribution in [3.8, 4) is 0 Å². The van der Waals surface area contributed by atoms with Crippen LogP contribution >= 0.6 is 11.3 Å². The third-order valence-electron chi connectivity index (χ3n) is 2.95. The molecule has 5 heteroatoms. The maximum absolute atomic E-state index is 13.4. The number of hydrogen-bond acceptors (Lipinski definition) is 4. The molecule has 0 saturated carbocycles. The van der Waals surface area contributed by atoms with Crippen molar-refractivity contribution < 1.29 is 4.39 Å². The standard InChI is InChI=1S/C11H18FN3S/c1-8-14-10(7-16-8)6-15-5-9(12)3-11(15)4-13-2/h7,9,11,13H,3-6H2,1-2H3/t9-,11+/m0/s1. The molecule has 1 aromatic rings. The zero-order chi connectivity index (χ0) is 11.5. The number of likely N-dealkylation sites (tertiary alicyclic amines) is 1. The van der Waals surface area contributed by atoms with Crippen molar-refractivity contribution in [1.82, 2.24) is 15.2 Å². The Morgan fingerprint density at radius 2 is 2.50 bits per heavy atom. The molecule has 2 rings (SSSR count). The van der Waals surface area contributed by atoms with Gasteiger partial charge in [-0.1, -0.05) is 0 Å². The average molecular weight is 243 g/mol. The van der Waals surface area contributed by atoms with Crippen molar-refractivity contribution in [2.75, 3.05) is 20.1 Å². The van der Waals surface area contributed by atoms with Gasteiger partial charge in [0, 0.05) is 31.1 Å². The van der Waals surface area contributed by atoms with Crippen LogP contribution < -0.4 is 5.32 Å². The average Bonchev–Trinajstić information content (AvgIpc) is 2.76. The number of aryl methyl sites for hydroxylation is 1. The number of aromatic nitrogens is 1. The van der Waals surface area contributed by atoms with Gasteiger partial charge < -0.3 is 5.32 Å². The van der Waals surface area contributed by atoms with Crippen LogP contribution in [0.25, 0.3) is 0 Å². The lowest BCUT2D eigenvalue weighted by Crippen LogP contribution is -2.36. The van der Waals surface area contributed by atoms with Gasteiger partial charge in [0.05, 0.1) is 10.7 Å². The second-order valence-corrected chi connectivity index (χ2v) is 5.39. The maximum Gasteiger partial charge on any atom is 0.114 e. The molecule has 2 heterocycles. The Morgan fingerprint density at radius 3 is 3.12 bits per heavy atom. The predicted molar refractivity (Wildman–Crippen MR) is 64.5 cm³/mol. The first-order valence-electron chi connectivity index (χ1n) is 5.62. The SMILES string of the molecule is CNC[C@H]1C[C@H](F)CN1Cc1csc(C)n1. The van der Waals surface area contributed by atoms with Crippen LogP contribution in [-0.2, 0) is 6.54 Å². The van der Waals surface area contributed by atoms with Crippen molar-refractivity contribution in [2.24, 2.45) is 0 Å². The van der Waals surface area contributed by atoms with Crippen LogP contribution in [-0.4, -0.2) is 42.2 Å². The maximum atomic E-state index is 13.4. The van der Waals surface area contributed by atoms with E-state index in [9.17, 15) is 4.39 Å². The first kappa shape index (κ1) is 12.0. The quantitative estimate of drug-likeness (QED) is 0.870. The normalized spacial score (nSPS) is 26.4. The summed E-state index contributed by atoms with van der Waals surface area (Å²) in [5.74, 6) is 0. The predicted octanol–water partition coefficient (Wildman–Crippen LogP) is 1.58. The van der Waals surface area contributed by atoms with E-state index in [1.807, 2.05) is 14.0 Å². The second-order valence-electron chi connectivity index (χ2n) is 4.33. The molecule has 1 N–H and O–H groups in total. The van der Waals surface area contributed by atoms with E-state index in [1.165, 1.54) is 0 Å². The van der Waals surface area contributed by atoms with Crippen LogP contribution in [0.2, 0.25) is 0 Å². The molecule has 1 aliphatic rings. The highest BCUT2D eigenvalue weighted by Gasteiger charge is 2.31. The van der Waals surface area contributed by atoms with E-state index in [0.717, 1.165) is 23.8 Å². The number of nitrogens with one attached hydrogen (secondary N) is 1. The summed E-state index contributed by atoms with van der Waals surface area (Å²) >= 11 is 1.66. The first-order chi connectivity index (χ1) is 7.69. The lowest BCUT2D eigenvalue weighted by atomic mass is 10.2. The largest absolute Gasteiger partial charge is 0.318 e. The Balaban J connectivity index is 1.97. The van der Waals surface area contributed by atoms with Crippen molar-refractivity contribution >= 4 is 11.3 Å². The van der Waals surface area contributed by atoms with Crippen LogP contribution in [0.15, 0.2) is 5.38 Å². The number of hydrogen-bond donors (Lipinski definition) is 1. The van der Waals surface area contributed by atoms with E-state index in [4.69, 9.17) is 0 Å². The van der Waals surface area contributed by atoms with Crippen molar-refractivity contribution in [3.05, 3.63) is 16.1 Å². The summed E-state index contributed by atoms with van der Waals surface area (Å²) < 4.78 is 13.4. The van der Waals surface area contributed by atoms with Gasteiger partial charge in [-0.25, -0.2) is 9.37 Å². The molecule has 0 radical (unpaired) electrons. The summed E-state index contributed by atoms with van der Waals surface area (Å²) in [4.78, 5) is 6.62. The molecule has 0 aliphatic carbocycles. The molecule has 3 nitrogen and oxygen atoms in total. The molecule has 2 atom stereocenters. The molecule has 0 aromatic carbocycles. The fourth-order valence-electron chi connectivity index (χ4n) is 2.25. The fraction of sp³-hybridized carbons (Fsp3) is 0.727. The van der Waals surface area contributed by atoms with E-state index in [-0.39, 0.29) is 0 Å². The zero-order valence-electron chi connectivity index (χ0n) is 9.74. The number of thiazole rings is 1. The van der Waals surface area contributed by atoms with Gasteiger partial charge >= 0.3 is 0 Å². The van der Waals surface area contributed by atoms with Gasteiger partial charge in [0.1, 0.15) is 6.17 Å².